The van der Waals surface area contributed by atoms with Gasteiger partial charge in [0.1, 0.15) is 0 Å². The zero-order valence-corrected chi connectivity index (χ0v) is 11.1. The van der Waals surface area contributed by atoms with Crippen molar-refractivity contribution >= 4 is 0 Å². The summed E-state index contributed by atoms with van der Waals surface area (Å²) >= 11 is 0. The molecule has 0 aliphatic carbocycles. The van der Waals surface area contributed by atoms with E-state index in [1.807, 2.05) is 0 Å². The van der Waals surface area contributed by atoms with Gasteiger partial charge in [-0.1, -0.05) is 19.1 Å². The van der Waals surface area contributed by atoms with Crippen molar-refractivity contribution in [3.05, 3.63) is 70.5 Å². The lowest BCUT2D eigenvalue weighted by atomic mass is 9.97. The second-order valence-electron chi connectivity index (χ2n) is 4.43. The van der Waals surface area contributed by atoms with Crippen LogP contribution >= 0.6 is 0 Å². The molecule has 0 spiro atoms. The molecule has 112 valence electrons. The minimum atomic E-state index is -1.60. The molecular formula is C15H12F5N. The largest absolute Gasteiger partial charge is 0.306 e. The Hall–Kier alpha value is -1.95. The average molecular weight is 301 g/mol. The zero-order valence-electron chi connectivity index (χ0n) is 11.1. The summed E-state index contributed by atoms with van der Waals surface area (Å²) in [6, 6.07) is 3.99. The average Bonchev–Trinajstić information content (AvgIpc) is 2.46. The van der Waals surface area contributed by atoms with Crippen LogP contribution in [0.4, 0.5) is 22.0 Å². The van der Waals surface area contributed by atoms with Crippen molar-refractivity contribution in [2.75, 3.05) is 6.54 Å². The Labute approximate surface area is 118 Å². The molecule has 0 heterocycles. The highest BCUT2D eigenvalue weighted by Gasteiger charge is 2.22. The quantitative estimate of drug-likeness (QED) is 0.663. The minimum absolute atomic E-state index is 0.179. The van der Waals surface area contributed by atoms with Gasteiger partial charge in [0.2, 0.25) is 0 Å². The lowest BCUT2D eigenvalue weighted by Crippen LogP contribution is -2.23. The summed E-state index contributed by atoms with van der Waals surface area (Å²) in [5, 5.41) is 2.83. The summed E-state index contributed by atoms with van der Waals surface area (Å²) in [5.41, 5.74) is 0.0300. The molecule has 0 fully saturated rings. The molecule has 0 bridgehead atoms. The van der Waals surface area contributed by atoms with Crippen LogP contribution in [-0.2, 0) is 0 Å². The highest BCUT2D eigenvalue weighted by atomic mass is 19.2. The van der Waals surface area contributed by atoms with E-state index in [0.29, 0.717) is 6.54 Å². The molecule has 1 unspecified atom stereocenters. The maximum atomic E-state index is 13.9. The monoisotopic (exact) mass is 301 g/mol. The Morgan fingerprint density at radius 1 is 0.857 bits per heavy atom. The van der Waals surface area contributed by atoms with Crippen LogP contribution in [0.1, 0.15) is 24.1 Å². The second kappa shape index (κ2) is 6.22. The van der Waals surface area contributed by atoms with Crippen LogP contribution in [0, 0.1) is 29.1 Å². The van der Waals surface area contributed by atoms with Gasteiger partial charge in [0.25, 0.3) is 0 Å². The van der Waals surface area contributed by atoms with Gasteiger partial charge in [-0.05, 0) is 30.3 Å². The third kappa shape index (κ3) is 3.05. The van der Waals surface area contributed by atoms with E-state index in [0.717, 1.165) is 24.3 Å². The molecule has 2 aromatic rings. The standard InChI is InChI=1S/C15H12F5N/c1-2-21-15(8-3-5-10(16)12(18)7-8)9-4-6-11(17)14(20)13(9)19/h3-7,15,21H,2H2,1H3. The predicted molar refractivity (Wildman–Crippen MR) is 68.2 cm³/mol. The van der Waals surface area contributed by atoms with E-state index in [4.69, 9.17) is 0 Å². The number of hydrogen-bond donors (Lipinski definition) is 1. The number of benzene rings is 2. The molecule has 2 aromatic carbocycles. The Balaban J connectivity index is 2.53. The maximum absolute atomic E-state index is 13.9. The first-order valence-electron chi connectivity index (χ1n) is 6.27. The van der Waals surface area contributed by atoms with Crippen LogP contribution in [0.15, 0.2) is 30.3 Å². The zero-order chi connectivity index (χ0) is 15.6. The SMILES string of the molecule is CCNC(c1ccc(F)c(F)c1)c1ccc(F)c(F)c1F. The third-order valence-electron chi connectivity index (χ3n) is 3.06. The molecule has 1 N–H and O–H groups in total. The highest BCUT2D eigenvalue weighted by molar-refractivity contribution is 5.34. The summed E-state index contributed by atoms with van der Waals surface area (Å²) in [7, 11) is 0. The first-order valence-corrected chi connectivity index (χ1v) is 6.27. The van der Waals surface area contributed by atoms with Crippen molar-refractivity contribution in [2.24, 2.45) is 0 Å². The van der Waals surface area contributed by atoms with Crippen LogP contribution < -0.4 is 5.32 Å². The van der Waals surface area contributed by atoms with Crippen LogP contribution in [-0.4, -0.2) is 6.54 Å². The van der Waals surface area contributed by atoms with Gasteiger partial charge in [-0.2, -0.15) is 0 Å². The molecule has 0 radical (unpaired) electrons. The van der Waals surface area contributed by atoms with Gasteiger partial charge in [0.15, 0.2) is 29.1 Å². The van der Waals surface area contributed by atoms with E-state index in [2.05, 4.69) is 5.32 Å². The molecule has 0 saturated heterocycles. The van der Waals surface area contributed by atoms with Gasteiger partial charge in [0.05, 0.1) is 6.04 Å². The van der Waals surface area contributed by atoms with Gasteiger partial charge < -0.3 is 5.32 Å². The fraction of sp³-hybridized carbons (Fsp3) is 0.200. The molecule has 1 nitrogen and oxygen atoms in total. The summed E-state index contributed by atoms with van der Waals surface area (Å²) in [5.74, 6) is -6.40. The van der Waals surface area contributed by atoms with Gasteiger partial charge in [-0.15, -0.1) is 0 Å². The lowest BCUT2D eigenvalue weighted by Gasteiger charge is -2.20. The Morgan fingerprint density at radius 3 is 2.14 bits per heavy atom. The Morgan fingerprint density at radius 2 is 1.52 bits per heavy atom. The van der Waals surface area contributed by atoms with E-state index in [-0.39, 0.29) is 11.1 Å². The van der Waals surface area contributed by atoms with Crippen molar-refractivity contribution in [3.8, 4) is 0 Å². The summed E-state index contributed by atoms with van der Waals surface area (Å²) in [6.07, 6.45) is 0. The van der Waals surface area contributed by atoms with Crippen molar-refractivity contribution in [1.29, 1.82) is 0 Å². The Bertz CT molecular complexity index is 657. The molecule has 2 rings (SSSR count). The third-order valence-corrected chi connectivity index (χ3v) is 3.06. The van der Waals surface area contributed by atoms with E-state index in [1.165, 1.54) is 6.07 Å². The van der Waals surface area contributed by atoms with Crippen molar-refractivity contribution in [3.63, 3.8) is 0 Å². The van der Waals surface area contributed by atoms with Gasteiger partial charge in [0, 0.05) is 5.56 Å². The van der Waals surface area contributed by atoms with Crippen molar-refractivity contribution in [2.45, 2.75) is 13.0 Å². The lowest BCUT2D eigenvalue weighted by molar-refractivity contribution is 0.432. The van der Waals surface area contributed by atoms with E-state index in [9.17, 15) is 22.0 Å². The number of hydrogen-bond acceptors (Lipinski definition) is 1. The molecule has 6 heteroatoms. The summed E-state index contributed by atoms with van der Waals surface area (Å²) in [6.45, 7) is 2.08. The molecule has 0 aliphatic rings. The minimum Gasteiger partial charge on any atom is -0.306 e. The fourth-order valence-electron chi connectivity index (χ4n) is 2.07. The van der Waals surface area contributed by atoms with E-state index in [1.54, 1.807) is 6.92 Å². The number of halogens is 5. The van der Waals surface area contributed by atoms with Gasteiger partial charge in [-0.3, -0.25) is 0 Å². The molecule has 1 atom stereocenters. The smallest absolute Gasteiger partial charge is 0.194 e. The van der Waals surface area contributed by atoms with Gasteiger partial charge in [-0.25, -0.2) is 22.0 Å². The number of nitrogens with one attached hydrogen (secondary N) is 1. The normalized spacial score (nSPS) is 12.5. The fourth-order valence-corrected chi connectivity index (χ4v) is 2.07. The van der Waals surface area contributed by atoms with Gasteiger partial charge >= 0.3 is 0 Å². The van der Waals surface area contributed by atoms with E-state index >= 15 is 0 Å². The van der Waals surface area contributed by atoms with Crippen molar-refractivity contribution < 1.29 is 22.0 Å². The topological polar surface area (TPSA) is 12.0 Å². The number of rotatable bonds is 4. The molecule has 0 aliphatic heterocycles. The van der Waals surface area contributed by atoms with Crippen molar-refractivity contribution in [1.82, 2.24) is 5.32 Å². The molecular weight excluding hydrogens is 289 g/mol. The van der Waals surface area contributed by atoms with Crippen LogP contribution in [0.25, 0.3) is 0 Å². The van der Waals surface area contributed by atoms with E-state index < -0.39 is 35.1 Å². The molecule has 0 aromatic heterocycles. The predicted octanol–water partition coefficient (Wildman–Crippen LogP) is 4.08. The Kier molecular flexibility index (Phi) is 4.57. The van der Waals surface area contributed by atoms with Crippen LogP contribution in [0.2, 0.25) is 0 Å². The second-order valence-corrected chi connectivity index (χ2v) is 4.43. The maximum Gasteiger partial charge on any atom is 0.194 e. The first kappa shape index (κ1) is 15.4. The molecule has 0 amide bonds. The highest BCUT2D eigenvalue weighted by Crippen LogP contribution is 2.27. The summed E-state index contributed by atoms with van der Waals surface area (Å²) < 4.78 is 66.5. The molecule has 21 heavy (non-hydrogen) atoms. The van der Waals surface area contributed by atoms with Crippen LogP contribution in [0.3, 0.4) is 0 Å². The summed E-state index contributed by atoms with van der Waals surface area (Å²) in [4.78, 5) is 0. The van der Waals surface area contributed by atoms with Crippen LogP contribution in [0.5, 0.6) is 0 Å². The molecule has 0 saturated carbocycles. The first-order chi connectivity index (χ1) is 9.95.